The number of methoxy groups -OCH3 is 2. The van der Waals surface area contributed by atoms with Crippen LogP contribution >= 0.6 is 0 Å². The molecular weight excluding hydrogens is 320 g/mol. The Morgan fingerprint density at radius 1 is 1.08 bits per heavy atom. The van der Waals surface area contributed by atoms with E-state index in [-0.39, 0.29) is 0 Å². The highest BCUT2D eigenvalue weighted by atomic mass is 16.5. The monoisotopic (exact) mass is 344 g/mol. The van der Waals surface area contributed by atoms with Gasteiger partial charge in [-0.15, -0.1) is 0 Å². The Balaban J connectivity index is 1.40. The minimum absolute atomic E-state index is 0.397. The maximum absolute atomic E-state index is 5.38. The summed E-state index contributed by atoms with van der Waals surface area (Å²) in [4.78, 5) is 7.07. The molecule has 1 aromatic carbocycles. The van der Waals surface area contributed by atoms with Gasteiger partial charge >= 0.3 is 6.01 Å². The fourth-order valence-corrected chi connectivity index (χ4v) is 3.40. The molecule has 0 radical (unpaired) electrons. The SMILES string of the molecule is COc1ccc(-c2noc(NC3CCN(C4CC4)CC3)n2)cc1OC. The maximum atomic E-state index is 5.38. The van der Waals surface area contributed by atoms with Crippen LogP contribution in [0.1, 0.15) is 25.7 Å². The van der Waals surface area contributed by atoms with Crippen molar-refractivity contribution in [1.29, 1.82) is 0 Å². The van der Waals surface area contributed by atoms with Gasteiger partial charge in [0.05, 0.1) is 14.2 Å². The zero-order valence-electron chi connectivity index (χ0n) is 14.7. The highest BCUT2D eigenvalue weighted by molar-refractivity contribution is 5.61. The smallest absolute Gasteiger partial charge is 0.322 e. The fourth-order valence-electron chi connectivity index (χ4n) is 3.40. The van der Waals surface area contributed by atoms with Crippen molar-refractivity contribution in [2.75, 3.05) is 32.6 Å². The Morgan fingerprint density at radius 3 is 2.52 bits per heavy atom. The second-order valence-corrected chi connectivity index (χ2v) is 6.68. The van der Waals surface area contributed by atoms with Crippen LogP contribution in [-0.2, 0) is 0 Å². The molecule has 0 unspecified atom stereocenters. The second-order valence-electron chi connectivity index (χ2n) is 6.68. The summed E-state index contributed by atoms with van der Waals surface area (Å²) in [5.41, 5.74) is 0.831. The van der Waals surface area contributed by atoms with Gasteiger partial charge in [0.25, 0.3) is 0 Å². The molecule has 1 aromatic heterocycles. The molecule has 4 rings (SSSR count). The van der Waals surface area contributed by atoms with E-state index in [0.29, 0.717) is 29.4 Å². The van der Waals surface area contributed by atoms with E-state index in [1.165, 1.54) is 12.8 Å². The Bertz CT molecular complexity index is 721. The van der Waals surface area contributed by atoms with E-state index in [1.807, 2.05) is 18.2 Å². The molecule has 1 aliphatic heterocycles. The number of anilines is 1. The van der Waals surface area contributed by atoms with Crippen LogP contribution in [-0.4, -0.2) is 54.4 Å². The average Bonchev–Trinajstić information content (AvgIpc) is 3.41. The highest BCUT2D eigenvalue weighted by Gasteiger charge is 2.32. The van der Waals surface area contributed by atoms with Crippen LogP contribution in [0, 0.1) is 0 Å². The van der Waals surface area contributed by atoms with Crippen LogP contribution in [0.15, 0.2) is 22.7 Å². The van der Waals surface area contributed by atoms with E-state index < -0.39 is 0 Å². The first-order valence-corrected chi connectivity index (χ1v) is 8.83. The van der Waals surface area contributed by atoms with Crippen molar-refractivity contribution in [1.82, 2.24) is 15.0 Å². The Morgan fingerprint density at radius 2 is 1.84 bits per heavy atom. The lowest BCUT2D eigenvalue weighted by atomic mass is 10.1. The molecule has 2 fully saturated rings. The van der Waals surface area contributed by atoms with E-state index >= 15 is 0 Å². The quantitative estimate of drug-likeness (QED) is 0.864. The number of benzene rings is 1. The number of hydrogen-bond donors (Lipinski definition) is 1. The van der Waals surface area contributed by atoms with Crippen LogP contribution in [0.5, 0.6) is 11.5 Å². The third-order valence-corrected chi connectivity index (χ3v) is 4.99. The molecule has 0 bridgehead atoms. The summed E-state index contributed by atoms with van der Waals surface area (Å²) in [6.45, 7) is 2.30. The standard InChI is InChI=1S/C18H24N4O3/c1-23-15-6-3-12(11-16(15)24-2)17-20-18(25-21-17)19-13-7-9-22(10-8-13)14-4-5-14/h3,6,11,13-14H,4-5,7-10H2,1-2H3,(H,19,20,21). The Hall–Kier alpha value is -2.28. The molecule has 0 spiro atoms. The number of nitrogens with one attached hydrogen (secondary N) is 1. The normalized spacial score (nSPS) is 19.0. The molecule has 1 saturated carbocycles. The van der Waals surface area contributed by atoms with E-state index in [2.05, 4.69) is 20.4 Å². The molecule has 2 aromatic rings. The first kappa shape index (κ1) is 16.2. The van der Waals surface area contributed by atoms with Gasteiger partial charge in [-0.25, -0.2) is 0 Å². The molecule has 0 amide bonds. The van der Waals surface area contributed by atoms with Crippen molar-refractivity contribution >= 4 is 6.01 Å². The van der Waals surface area contributed by atoms with Crippen molar-refractivity contribution in [3.63, 3.8) is 0 Å². The molecule has 2 aliphatic rings. The van der Waals surface area contributed by atoms with Crippen LogP contribution < -0.4 is 14.8 Å². The molecule has 1 saturated heterocycles. The third kappa shape index (κ3) is 3.56. The Labute approximate surface area is 147 Å². The van der Waals surface area contributed by atoms with Crippen molar-refractivity contribution < 1.29 is 14.0 Å². The van der Waals surface area contributed by atoms with Crippen molar-refractivity contribution in [3.05, 3.63) is 18.2 Å². The minimum atomic E-state index is 0.397. The lowest BCUT2D eigenvalue weighted by Gasteiger charge is -2.31. The Kier molecular flexibility index (Phi) is 4.48. The van der Waals surface area contributed by atoms with Gasteiger partial charge in [0.15, 0.2) is 11.5 Å². The molecule has 134 valence electrons. The summed E-state index contributed by atoms with van der Waals surface area (Å²) in [6, 6.07) is 7.31. The first-order valence-electron chi connectivity index (χ1n) is 8.83. The number of nitrogens with zero attached hydrogens (tertiary/aromatic N) is 3. The van der Waals surface area contributed by atoms with E-state index in [0.717, 1.165) is 37.5 Å². The predicted octanol–water partition coefficient (Wildman–Crippen LogP) is 2.79. The van der Waals surface area contributed by atoms with Crippen molar-refractivity contribution in [2.45, 2.75) is 37.8 Å². The van der Waals surface area contributed by atoms with Gasteiger partial charge in [0.1, 0.15) is 0 Å². The zero-order valence-corrected chi connectivity index (χ0v) is 14.7. The number of ether oxygens (including phenoxy) is 2. The van der Waals surface area contributed by atoms with E-state index in [1.54, 1.807) is 14.2 Å². The number of likely N-dealkylation sites (tertiary alicyclic amines) is 1. The average molecular weight is 344 g/mol. The minimum Gasteiger partial charge on any atom is -0.493 e. The maximum Gasteiger partial charge on any atom is 0.322 e. The van der Waals surface area contributed by atoms with Gasteiger partial charge in [-0.1, -0.05) is 5.16 Å². The van der Waals surface area contributed by atoms with E-state index in [4.69, 9.17) is 14.0 Å². The molecule has 7 heteroatoms. The molecule has 7 nitrogen and oxygen atoms in total. The summed E-state index contributed by atoms with van der Waals surface area (Å²) in [5.74, 6) is 1.86. The summed E-state index contributed by atoms with van der Waals surface area (Å²) in [7, 11) is 3.22. The molecular formula is C18H24N4O3. The van der Waals surface area contributed by atoms with Gasteiger partial charge in [-0.05, 0) is 43.9 Å². The van der Waals surface area contributed by atoms with Crippen LogP contribution in [0.3, 0.4) is 0 Å². The first-order chi connectivity index (χ1) is 12.3. The van der Waals surface area contributed by atoms with Gasteiger partial charge in [-0.2, -0.15) is 4.98 Å². The molecule has 1 N–H and O–H groups in total. The van der Waals surface area contributed by atoms with Crippen molar-refractivity contribution in [2.24, 2.45) is 0 Å². The lowest BCUT2D eigenvalue weighted by Crippen LogP contribution is -2.40. The second kappa shape index (κ2) is 6.92. The van der Waals surface area contributed by atoms with Crippen molar-refractivity contribution in [3.8, 4) is 22.9 Å². The fraction of sp³-hybridized carbons (Fsp3) is 0.556. The predicted molar refractivity (Wildman–Crippen MR) is 94.1 cm³/mol. The van der Waals surface area contributed by atoms with Crippen LogP contribution in [0.25, 0.3) is 11.4 Å². The van der Waals surface area contributed by atoms with Crippen LogP contribution in [0.2, 0.25) is 0 Å². The number of piperidine rings is 1. The highest BCUT2D eigenvalue weighted by Crippen LogP contribution is 2.32. The summed E-state index contributed by atoms with van der Waals surface area (Å²) in [6.07, 6.45) is 4.97. The zero-order chi connectivity index (χ0) is 17.2. The molecule has 2 heterocycles. The molecule has 0 atom stereocenters. The number of rotatable bonds is 6. The van der Waals surface area contributed by atoms with Gasteiger partial charge < -0.3 is 24.2 Å². The number of hydrogen-bond acceptors (Lipinski definition) is 7. The molecule has 25 heavy (non-hydrogen) atoms. The largest absolute Gasteiger partial charge is 0.493 e. The summed E-state index contributed by atoms with van der Waals surface area (Å²) < 4.78 is 16.0. The van der Waals surface area contributed by atoms with Gasteiger partial charge in [0, 0.05) is 30.7 Å². The molecule has 1 aliphatic carbocycles. The van der Waals surface area contributed by atoms with Gasteiger partial charge in [-0.3, -0.25) is 0 Å². The topological polar surface area (TPSA) is 72.7 Å². The lowest BCUT2D eigenvalue weighted by molar-refractivity contribution is 0.208. The summed E-state index contributed by atoms with van der Waals surface area (Å²) in [5, 5.41) is 7.46. The third-order valence-electron chi connectivity index (χ3n) is 4.99. The summed E-state index contributed by atoms with van der Waals surface area (Å²) >= 11 is 0. The van der Waals surface area contributed by atoms with E-state index in [9.17, 15) is 0 Å². The van der Waals surface area contributed by atoms with Crippen LogP contribution in [0.4, 0.5) is 6.01 Å². The van der Waals surface area contributed by atoms with Gasteiger partial charge in [0.2, 0.25) is 5.82 Å². The number of aromatic nitrogens is 2.